The summed E-state index contributed by atoms with van der Waals surface area (Å²) in [6.45, 7) is 10.7. The molecule has 1 atom stereocenters. The Morgan fingerprint density at radius 3 is 1.73 bits per heavy atom. The fourth-order valence-corrected chi connectivity index (χ4v) is 5.25. The summed E-state index contributed by atoms with van der Waals surface area (Å²) in [5.74, 6) is 0. The fourth-order valence-electron chi connectivity index (χ4n) is 5.25. The van der Waals surface area contributed by atoms with Crippen molar-refractivity contribution in [3.8, 4) is 0 Å². The Hall–Kier alpha value is -1.92. The number of para-hydroxylation sites is 2. The highest BCUT2D eigenvalue weighted by molar-refractivity contribution is 6.07. The Bertz CT molecular complexity index is 916. The summed E-state index contributed by atoms with van der Waals surface area (Å²) in [7, 11) is 0. The van der Waals surface area contributed by atoms with Crippen LogP contribution in [0.4, 0.5) is 0 Å². The lowest BCUT2D eigenvalue weighted by Gasteiger charge is -2.36. The number of hydrogen-bond acceptors (Lipinski definition) is 4. The van der Waals surface area contributed by atoms with E-state index in [4.69, 9.17) is 0 Å². The zero-order valence-corrected chi connectivity index (χ0v) is 17.9. The van der Waals surface area contributed by atoms with Gasteiger partial charge in [0.25, 0.3) is 0 Å². The number of aliphatic hydroxyl groups is 1. The van der Waals surface area contributed by atoms with E-state index in [-0.39, 0.29) is 6.10 Å². The second-order valence-corrected chi connectivity index (χ2v) is 8.99. The largest absolute Gasteiger partial charge is 0.390 e. The maximum Gasteiger partial charge on any atom is 0.0845 e. The van der Waals surface area contributed by atoms with Crippen LogP contribution < -0.4 is 0 Å². The number of piperazine rings is 1. The van der Waals surface area contributed by atoms with Gasteiger partial charge in [-0.15, -0.1) is 0 Å². The first-order valence-electron chi connectivity index (χ1n) is 11.6. The molecule has 1 N–H and O–H groups in total. The molecule has 1 aromatic heterocycles. The Morgan fingerprint density at radius 2 is 1.13 bits per heavy atom. The number of likely N-dealkylation sites (tertiary alicyclic amines) is 1. The molecule has 0 amide bonds. The number of aromatic nitrogens is 1. The summed E-state index contributed by atoms with van der Waals surface area (Å²) < 4.78 is 2.29. The molecular weight excluding hydrogens is 372 g/mol. The first kappa shape index (κ1) is 20.0. The summed E-state index contributed by atoms with van der Waals surface area (Å²) in [6.07, 6.45) is 2.38. The third kappa shape index (κ3) is 4.26. The van der Waals surface area contributed by atoms with Crippen molar-refractivity contribution in [2.24, 2.45) is 0 Å². The summed E-state index contributed by atoms with van der Waals surface area (Å²) in [4.78, 5) is 7.63. The van der Waals surface area contributed by atoms with Crippen molar-refractivity contribution in [3.63, 3.8) is 0 Å². The molecule has 2 aliphatic rings. The SMILES string of the molecule is O[C@H](CN1CCN(CCN2CCCC2)CC1)Cn1c2ccccc2c2ccccc21. The second-order valence-electron chi connectivity index (χ2n) is 8.99. The van der Waals surface area contributed by atoms with Gasteiger partial charge in [-0.25, -0.2) is 0 Å². The van der Waals surface area contributed by atoms with Gasteiger partial charge in [0.15, 0.2) is 0 Å². The Kier molecular flexibility index (Phi) is 6.05. The minimum Gasteiger partial charge on any atom is -0.390 e. The van der Waals surface area contributed by atoms with Crippen molar-refractivity contribution in [2.45, 2.75) is 25.5 Å². The van der Waals surface area contributed by atoms with E-state index in [9.17, 15) is 5.11 Å². The molecule has 30 heavy (non-hydrogen) atoms. The van der Waals surface area contributed by atoms with Crippen LogP contribution in [0.2, 0.25) is 0 Å². The van der Waals surface area contributed by atoms with E-state index < -0.39 is 0 Å². The minimum atomic E-state index is -0.361. The average Bonchev–Trinajstić information content (AvgIpc) is 3.41. The molecule has 5 rings (SSSR count). The van der Waals surface area contributed by atoms with E-state index in [1.165, 1.54) is 60.8 Å². The van der Waals surface area contributed by atoms with Crippen LogP contribution in [0, 0.1) is 0 Å². The topological polar surface area (TPSA) is 34.9 Å². The predicted molar refractivity (Wildman–Crippen MR) is 124 cm³/mol. The van der Waals surface area contributed by atoms with Crippen LogP contribution in [0.3, 0.4) is 0 Å². The quantitative estimate of drug-likeness (QED) is 0.654. The van der Waals surface area contributed by atoms with Crippen molar-refractivity contribution in [1.29, 1.82) is 0 Å². The molecule has 2 fully saturated rings. The third-order valence-corrected chi connectivity index (χ3v) is 6.94. The van der Waals surface area contributed by atoms with Gasteiger partial charge in [-0.2, -0.15) is 0 Å². The smallest absolute Gasteiger partial charge is 0.0845 e. The first-order chi connectivity index (χ1) is 14.8. The molecule has 0 saturated carbocycles. The lowest BCUT2D eigenvalue weighted by molar-refractivity contribution is 0.0630. The van der Waals surface area contributed by atoms with Crippen molar-refractivity contribution in [3.05, 3.63) is 48.5 Å². The minimum absolute atomic E-state index is 0.361. The number of β-amino-alcohol motifs (C(OH)–C–C–N with tert-alkyl or cyclic N) is 1. The normalized spacial score (nSPS) is 20.4. The maximum atomic E-state index is 10.9. The van der Waals surface area contributed by atoms with Gasteiger partial charge < -0.3 is 14.6 Å². The molecule has 0 spiro atoms. The van der Waals surface area contributed by atoms with Crippen LogP contribution in [0.1, 0.15) is 12.8 Å². The number of hydrogen-bond donors (Lipinski definition) is 1. The maximum absolute atomic E-state index is 10.9. The molecule has 0 unspecified atom stereocenters. The molecule has 0 bridgehead atoms. The molecular formula is C25H34N4O. The van der Waals surface area contributed by atoms with Gasteiger partial charge in [0.2, 0.25) is 0 Å². The Labute approximate surface area is 179 Å². The van der Waals surface area contributed by atoms with Crippen molar-refractivity contribution >= 4 is 21.8 Å². The monoisotopic (exact) mass is 406 g/mol. The molecule has 2 saturated heterocycles. The van der Waals surface area contributed by atoms with Gasteiger partial charge in [-0.1, -0.05) is 36.4 Å². The molecule has 2 aromatic carbocycles. The lowest BCUT2D eigenvalue weighted by atomic mass is 10.2. The zero-order chi connectivity index (χ0) is 20.3. The summed E-state index contributed by atoms with van der Waals surface area (Å²) in [6, 6.07) is 17.1. The van der Waals surface area contributed by atoms with Gasteiger partial charge >= 0.3 is 0 Å². The first-order valence-corrected chi connectivity index (χ1v) is 11.6. The van der Waals surface area contributed by atoms with Crippen molar-refractivity contribution in [2.75, 3.05) is 58.9 Å². The number of benzene rings is 2. The molecule has 2 aliphatic heterocycles. The van der Waals surface area contributed by atoms with Gasteiger partial charge in [0, 0.05) is 67.6 Å². The summed E-state index contributed by atoms with van der Waals surface area (Å²) >= 11 is 0. The van der Waals surface area contributed by atoms with Crippen molar-refractivity contribution in [1.82, 2.24) is 19.3 Å². The highest BCUT2D eigenvalue weighted by atomic mass is 16.3. The second kappa shape index (κ2) is 9.06. The Morgan fingerprint density at radius 1 is 0.633 bits per heavy atom. The molecule has 3 heterocycles. The number of nitrogens with zero attached hydrogens (tertiary/aromatic N) is 4. The van der Waals surface area contributed by atoms with Gasteiger partial charge in [-0.3, -0.25) is 9.80 Å². The highest BCUT2D eigenvalue weighted by Crippen LogP contribution is 2.28. The van der Waals surface area contributed by atoms with Crippen LogP contribution in [-0.2, 0) is 6.54 Å². The van der Waals surface area contributed by atoms with E-state index >= 15 is 0 Å². The van der Waals surface area contributed by atoms with Crippen LogP contribution >= 0.6 is 0 Å². The number of fused-ring (bicyclic) bond motifs is 3. The lowest BCUT2D eigenvalue weighted by Crippen LogP contribution is -2.50. The molecule has 0 radical (unpaired) electrons. The van der Waals surface area contributed by atoms with E-state index in [1.807, 2.05) is 0 Å². The highest BCUT2D eigenvalue weighted by Gasteiger charge is 2.21. The van der Waals surface area contributed by atoms with E-state index in [0.29, 0.717) is 6.54 Å². The van der Waals surface area contributed by atoms with Crippen LogP contribution in [0.15, 0.2) is 48.5 Å². The molecule has 160 valence electrons. The third-order valence-electron chi connectivity index (χ3n) is 6.94. The van der Waals surface area contributed by atoms with E-state index in [1.54, 1.807) is 0 Å². The van der Waals surface area contributed by atoms with Crippen LogP contribution in [0.25, 0.3) is 21.8 Å². The van der Waals surface area contributed by atoms with E-state index in [2.05, 4.69) is 67.8 Å². The Balaban J connectivity index is 1.17. The molecule has 3 aromatic rings. The van der Waals surface area contributed by atoms with Crippen LogP contribution in [-0.4, -0.2) is 89.4 Å². The average molecular weight is 407 g/mol. The predicted octanol–water partition coefficient (Wildman–Crippen LogP) is 2.87. The van der Waals surface area contributed by atoms with Gasteiger partial charge in [0.1, 0.15) is 0 Å². The summed E-state index contributed by atoms with van der Waals surface area (Å²) in [5, 5.41) is 13.5. The van der Waals surface area contributed by atoms with Crippen LogP contribution in [0.5, 0.6) is 0 Å². The number of rotatable bonds is 7. The molecule has 5 heteroatoms. The molecule has 5 nitrogen and oxygen atoms in total. The van der Waals surface area contributed by atoms with E-state index in [0.717, 1.165) is 32.7 Å². The van der Waals surface area contributed by atoms with Gasteiger partial charge in [-0.05, 0) is 38.1 Å². The standard InChI is InChI=1S/C25H34N4O/c30-21(19-28-17-15-27(16-18-28)14-13-26-11-5-6-12-26)20-29-24-9-3-1-7-22(24)23-8-2-4-10-25(23)29/h1-4,7-10,21,30H,5-6,11-20H2/t21-/m1/s1. The zero-order valence-electron chi connectivity index (χ0n) is 17.9. The summed E-state index contributed by atoms with van der Waals surface area (Å²) in [5.41, 5.74) is 2.42. The number of aliphatic hydroxyl groups excluding tert-OH is 1. The van der Waals surface area contributed by atoms with Crippen molar-refractivity contribution < 1.29 is 5.11 Å². The fraction of sp³-hybridized carbons (Fsp3) is 0.520. The molecule has 0 aliphatic carbocycles. The van der Waals surface area contributed by atoms with Gasteiger partial charge in [0.05, 0.1) is 12.6 Å².